The van der Waals surface area contributed by atoms with Gasteiger partial charge in [0.05, 0.1) is 6.42 Å². The zero-order valence-corrected chi connectivity index (χ0v) is 14.4. The van der Waals surface area contributed by atoms with Crippen LogP contribution in [0.3, 0.4) is 0 Å². The minimum Gasteiger partial charge on any atom is -0.378 e. The van der Waals surface area contributed by atoms with E-state index in [0.717, 1.165) is 16.9 Å². The van der Waals surface area contributed by atoms with Gasteiger partial charge in [-0.15, -0.1) is 0 Å². The van der Waals surface area contributed by atoms with Crippen LogP contribution in [0.1, 0.15) is 5.56 Å². The molecule has 0 saturated heterocycles. The van der Waals surface area contributed by atoms with E-state index in [0.29, 0.717) is 6.42 Å². The average Bonchev–Trinajstić information content (AvgIpc) is 2.61. The van der Waals surface area contributed by atoms with Crippen LogP contribution >= 0.6 is 0 Å². The first-order valence-electron chi connectivity index (χ1n) is 8.06. The van der Waals surface area contributed by atoms with Crippen molar-refractivity contribution in [1.29, 1.82) is 0 Å². The van der Waals surface area contributed by atoms with Gasteiger partial charge in [0.15, 0.2) is 0 Å². The van der Waals surface area contributed by atoms with Gasteiger partial charge in [-0.25, -0.2) is 0 Å². The second kappa shape index (κ2) is 6.75. The maximum atomic E-state index is 12.6. The number of rotatable bonds is 4. The lowest BCUT2D eigenvalue weighted by Gasteiger charge is -2.19. The van der Waals surface area contributed by atoms with Crippen molar-refractivity contribution in [3.63, 3.8) is 0 Å². The van der Waals surface area contributed by atoms with E-state index in [4.69, 9.17) is 0 Å². The molecule has 0 radical (unpaired) electrons. The van der Waals surface area contributed by atoms with Gasteiger partial charge in [0.2, 0.25) is 5.91 Å². The molecular formula is C21H22N2O. The molecule has 0 aromatic heterocycles. The van der Waals surface area contributed by atoms with Gasteiger partial charge in [0.1, 0.15) is 0 Å². The number of hydrogen-bond acceptors (Lipinski definition) is 2. The smallest absolute Gasteiger partial charge is 0.231 e. The summed E-state index contributed by atoms with van der Waals surface area (Å²) in [5, 5.41) is 2.36. The van der Waals surface area contributed by atoms with Crippen molar-refractivity contribution in [1.82, 2.24) is 0 Å². The predicted molar refractivity (Wildman–Crippen MR) is 102 cm³/mol. The van der Waals surface area contributed by atoms with E-state index in [1.807, 2.05) is 68.5 Å². The van der Waals surface area contributed by atoms with Crippen molar-refractivity contribution < 1.29 is 4.79 Å². The molecule has 0 bridgehead atoms. The number of benzene rings is 3. The summed E-state index contributed by atoms with van der Waals surface area (Å²) in [5.74, 6) is 0.0860. The fourth-order valence-corrected chi connectivity index (χ4v) is 2.76. The first-order chi connectivity index (χ1) is 11.5. The summed E-state index contributed by atoms with van der Waals surface area (Å²) < 4.78 is 0. The Labute approximate surface area is 143 Å². The van der Waals surface area contributed by atoms with Crippen molar-refractivity contribution >= 4 is 28.1 Å². The molecule has 0 aliphatic carbocycles. The molecule has 24 heavy (non-hydrogen) atoms. The summed E-state index contributed by atoms with van der Waals surface area (Å²) in [4.78, 5) is 16.3. The molecule has 0 N–H and O–H groups in total. The minimum atomic E-state index is 0.0860. The molecule has 0 atom stereocenters. The normalized spacial score (nSPS) is 10.6. The van der Waals surface area contributed by atoms with E-state index in [2.05, 4.69) is 24.3 Å². The molecule has 0 aliphatic rings. The number of fused-ring (bicyclic) bond motifs is 1. The molecule has 0 unspecified atom stereocenters. The maximum Gasteiger partial charge on any atom is 0.231 e. The predicted octanol–water partition coefficient (Wildman–Crippen LogP) is 4.11. The molecule has 122 valence electrons. The third-order valence-corrected chi connectivity index (χ3v) is 4.30. The minimum absolute atomic E-state index is 0.0860. The summed E-state index contributed by atoms with van der Waals surface area (Å²) in [6.45, 7) is 0. The van der Waals surface area contributed by atoms with Crippen LogP contribution in [0, 0.1) is 0 Å². The number of carbonyl (C=O) groups is 1. The molecule has 3 heteroatoms. The number of anilines is 2. The second-order valence-corrected chi connectivity index (χ2v) is 6.22. The van der Waals surface area contributed by atoms with Crippen LogP contribution in [0.5, 0.6) is 0 Å². The Morgan fingerprint density at radius 3 is 2.08 bits per heavy atom. The highest BCUT2D eigenvalue weighted by atomic mass is 16.2. The van der Waals surface area contributed by atoms with Crippen LogP contribution in [0.15, 0.2) is 66.7 Å². The highest BCUT2D eigenvalue weighted by Gasteiger charge is 2.12. The van der Waals surface area contributed by atoms with Crippen LogP contribution < -0.4 is 9.80 Å². The van der Waals surface area contributed by atoms with Gasteiger partial charge in [0, 0.05) is 32.5 Å². The monoisotopic (exact) mass is 318 g/mol. The van der Waals surface area contributed by atoms with Gasteiger partial charge >= 0.3 is 0 Å². The third-order valence-electron chi connectivity index (χ3n) is 4.30. The van der Waals surface area contributed by atoms with Crippen LogP contribution in [0.4, 0.5) is 11.4 Å². The Morgan fingerprint density at radius 1 is 0.792 bits per heavy atom. The molecule has 0 fully saturated rings. The van der Waals surface area contributed by atoms with E-state index >= 15 is 0 Å². The number of hydrogen-bond donors (Lipinski definition) is 0. The second-order valence-electron chi connectivity index (χ2n) is 6.22. The van der Waals surface area contributed by atoms with Crippen LogP contribution in [-0.4, -0.2) is 27.1 Å². The highest BCUT2D eigenvalue weighted by Crippen LogP contribution is 2.20. The lowest BCUT2D eigenvalue weighted by Crippen LogP contribution is -2.27. The average molecular weight is 318 g/mol. The molecule has 0 saturated carbocycles. The molecule has 3 aromatic carbocycles. The van der Waals surface area contributed by atoms with Gasteiger partial charge in [-0.05, 0) is 40.6 Å². The van der Waals surface area contributed by atoms with Crippen molar-refractivity contribution in [2.75, 3.05) is 30.9 Å². The quantitative estimate of drug-likeness (QED) is 0.723. The molecule has 3 rings (SSSR count). The largest absolute Gasteiger partial charge is 0.378 e. The fourth-order valence-electron chi connectivity index (χ4n) is 2.76. The van der Waals surface area contributed by atoms with E-state index in [9.17, 15) is 4.79 Å². The van der Waals surface area contributed by atoms with Crippen LogP contribution in [0.25, 0.3) is 10.8 Å². The van der Waals surface area contributed by atoms with Crippen LogP contribution in [0.2, 0.25) is 0 Å². The summed E-state index contributed by atoms with van der Waals surface area (Å²) in [6.07, 6.45) is 0.400. The fraction of sp³-hybridized carbons (Fsp3) is 0.190. The maximum absolute atomic E-state index is 12.6. The van der Waals surface area contributed by atoms with Crippen molar-refractivity contribution in [3.8, 4) is 0 Å². The van der Waals surface area contributed by atoms with Gasteiger partial charge in [-0.3, -0.25) is 4.79 Å². The van der Waals surface area contributed by atoms with Crippen LogP contribution in [-0.2, 0) is 11.2 Å². The van der Waals surface area contributed by atoms with Gasteiger partial charge in [0.25, 0.3) is 0 Å². The third kappa shape index (κ3) is 3.40. The van der Waals surface area contributed by atoms with E-state index in [1.165, 1.54) is 10.8 Å². The molecule has 0 spiro atoms. The Balaban J connectivity index is 1.75. The Bertz CT molecular complexity index is 853. The standard InChI is InChI=1S/C21H22N2O/c1-22(2)19-10-12-20(13-11-19)23(3)21(24)15-16-8-9-17-6-4-5-7-18(17)14-16/h4-14H,15H2,1-3H3. The highest BCUT2D eigenvalue weighted by molar-refractivity contribution is 5.95. The zero-order chi connectivity index (χ0) is 17.1. The van der Waals surface area contributed by atoms with E-state index < -0.39 is 0 Å². The van der Waals surface area contributed by atoms with Gasteiger partial charge in [-0.1, -0.05) is 42.5 Å². The summed E-state index contributed by atoms with van der Waals surface area (Å²) in [6, 6.07) is 22.4. The Hall–Kier alpha value is -2.81. The topological polar surface area (TPSA) is 23.6 Å². The summed E-state index contributed by atoms with van der Waals surface area (Å²) in [5.41, 5.74) is 3.07. The molecule has 3 aromatic rings. The lowest BCUT2D eigenvalue weighted by molar-refractivity contribution is -0.117. The molecule has 1 amide bonds. The molecule has 0 aliphatic heterocycles. The van der Waals surface area contributed by atoms with Crippen molar-refractivity contribution in [3.05, 3.63) is 72.3 Å². The Kier molecular flexibility index (Phi) is 4.52. The number of carbonyl (C=O) groups excluding carboxylic acids is 1. The van der Waals surface area contributed by atoms with Crippen molar-refractivity contribution in [2.45, 2.75) is 6.42 Å². The molecular weight excluding hydrogens is 296 g/mol. The zero-order valence-electron chi connectivity index (χ0n) is 14.4. The van der Waals surface area contributed by atoms with Crippen molar-refractivity contribution in [2.24, 2.45) is 0 Å². The first-order valence-corrected chi connectivity index (χ1v) is 8.06. The molecule has 0 heterocycles. The summed E-state index contributed by atoms with van der Waals surface area (Å²) in [7, 11) is 5.83. The number of nitrogens with zero attached hydrogens (tertiary/aromatic N) is 2. The number of likely N-dealkylation sites (N-methyl/N-ethyl adjacent to an activating group) is 1. The van der Waals surface area contributed by atoms with Gasteiger partial charge < -0.3 is 9.80 Å². The lowest BCUT2D eigenvalue weighted by atomic mass is 10.0. The SMILES string of the molecule is CN(C)c1ccc(N(C)C(=O)Cc2ccc3ccccc3c2)cc1. The summed E-state index contributed by atoms with van der Waals surface area (Å²) >= 11 is 0. The Morgan fingerprint density at radius 2 is 1.42 bits per heavy atom. The molecule has 3 nitrogen and oxygen atoms in total. The first kappa shape index (κ1) is 16.1. The number of amides is 1. The van der Waals surface area contributed by atoms with E-state index in [-0.39, 0.29) is 5.91 Å². The van der Waals surface area contributed by atoms with Gasteiger partial charge in [-0.2, -0.15) is 0 Å². The van der Waals surface area contributed by atoms with E-state index in [1.54, 1.807) is 4.90 Å².